The van der Waals surface area contributed by atoms with E-state index in [9.17, 15) is 4.79 Å². The van der Waals surface area contributed by atoms with Crippen LogP contribution in [0.25, 0.3) is 39.8 Å². The summed E-state index contributed by atoms with van der Waals surface area (Å²) in [5.41, 5.74) is 12.0. The van der Waals surface area contributed by atoms with E-state index >= 15 is 0 Å². The summed E-state index contributed by atoms with van der Waals surface area (Å²) in [6, 6.07) is 20.3. The summed E-state index contributed by atoms with van der Waals surface area (Å²) >= 11 is 0. The van der Waals surface area contributed by atoms with E-state index in [1.165, 1.54) is 28.9 Å². The molecule has 44 heavy (non-hydrogen) atoms. The minimum atomic E-state index is -0.0959. The van der Waals surface area contributed by atoms with Crippen molar-refractivity contribution in [2.45, 2.75) is 64.7 Å². The van der Waals surface area contributed by atoms with Crippen LogP contribution in [-0.2, 0) is 17.3 Å². The van der Waals surface area contributed by atoms with Gasteiger partial charge in [-0.05, 0) is 107 Å². The molecule has 218 valence electrons. The SMILES string of the molecule is C=c1c2cc(N3C4=C(C5C[C@H]5C=C4)C(C)(C)c4ccccc43)ccc2n2c3c(c(=O)c4cc(C(C)(C)C)cc1c42)CCC=C3. The molecule has 2 atom stereocenters. The van der Waals surface area contributed by atoms with E-state index in [-0.39, 0.29) is 16.3 Å². The zero-order chi connectivity index (χ0) is 30.3. The zero-order valence-electron chi connectivity index (χ0n) is 26.3. The Kier molecular flexibility index (Phi) is 4.98. The van der Waals surface area contributed by atoms with E-state index in [1.807, 2.05) is 0 Å². The predicted molar refractivity (Wildman–Crippen MR) is 185 cm³/mol. The molecule has 0 amide bonds. The van der Waals surface area contributed by atoms with Gasteiger partial charge in [0.15, 0.2) is 5.43 Å². The molecule has 5 aromatic rings. The lowest BCUT2D eigenvalue weighted by Gasteiger charge is -2.44. The normalized spacial score (nSPS) is 21.5. The number of benzene rings is 3. The number of aromatic nitrogens is 1. The first-order chi connectivity index (χ1) is 21.1. The fraction of sp³-hybridized carbons (Fsp3) is 0.293. The summed E-state index contributed by atoms with van der Waals surface area (Å²) in [5, 5.41) is 3.99. The van der Waals surface area contributed by atoms with Crippen LogP contribution in [0, 0.1) is 11.8 Å². The third-order valence-corrected chi connectivity index (χ3v) is 11.0. The molecule has 1 saturated carbocycles. The molecule has 0 saturated heterocycles. The van der Waals surface area contributed by atoms with Crippen molar-refractivity contribution in [2.75, 3.05) is 4.90 Å². The molecule has 9 rings (SSSR count). The second kappa shape index (κ2) is 8.41. The second-order valence-corrected chi connectivity index (χ2v) is 15.0. The molecular weight excluding hydrogens is 536 g/mol. The Bertz CT molecular complexity index is 2320. The van der Waals surface area contributed by atoms with Crippen molar-refractivity contribution >= 4 is 51.2 Å². The topological polar surface area (TPSA) is 24.7 Å². The van der Waals surface area contributed by atoms with Crippen LogP contribution in [0.3, 0.4) is 0 Å². The van der Waals surface area contributed by atoms with Gasteiger partial charge in [-0.3, -0.25) is 4.79 Å². The molecule has 1 unspecified atom stereocenters. The molecule has 3 aliphatic carbocycles. The highest BCUT2D eigenvalue weighted by molar-refractivity contribution is 6.05. The van der Waals surface area contributed by atoms with Crippen molar-refractivity contribution in [1.29, 1.82) is 0 Å². The van der Waals surface area contributed by atoms with Crippen LogP contribution in [0.2, 0.25) is 0 Å². The molecule has 1 fully saturated rings. The number of hydrogen-bond acceptors (Lipinski definition) is 2. The van der Waals surface area contributed by atoms with Gasteiger partial charge < -0.3 is 9.30 Å². The molecule has 3 nitrogen and oxygen atoms in total. The lowest BCUT2D eigenvalue weighted by molar-refractivity contribution is 0.555. The monoisotopic (exact) mass is 574 g/mol. The van der Waals surface area contributed by atoms with Gasteiger partial charge in [0.05, 0.1) is 22.4 Å². The number of anilines is 2. The first-order valence-electron chi connectivity index (χ1n) is 16.1. The van der Waals surface area contributed by atoms with Gasteiger partial charge in [0, 0.05) is 38.5 Å². The van der Waals surface area contributed by atoms with Gasteiger partial charge in [0.2, 0.25) is 0 Å². The van der Waals surface area contributed by atoms with Crippen LogP contribution in [-0.4, -0.2) is 4.40 Å². The van der Waals surface area contributed by atoms with Crippen LogP contribution >= 0.6 is 0 Å². The Labute approximate surface area is 258 Å². The molecule has 0 N–H and O–H groups in total. The van der Waals surface area contributed by atoms with E-state index in [2.05, 4.69) is 123 Å². The molecule has 4 aliphatic rings. The number of rotatable bonds is 1. The van der Waals surface area contributed by atoms with E-state index in [0.717, 1.165) is 62.2 Å². The highest BCUT2D eigenvalue weighted by Gasteiger charge is 2.50. The van der Waals surface area contributed by atoms with Crippen LogP contribution in [0.4, 0.5) is 11.4 Å². The lowest BCUT2D eigenvalue weighted by Crippen LogP contribution is -2.35. The van der Waals surface area contributed by atoms with Crippen molar-refractivity contribution < 1.29 is 0 Å². The number of fused-ring (bicyclic) bond motifs is 7. The minimum absolute atomic E-state index is 0.0142. The fourth-order valence-electron chi connectivity index (χ4n) is 8.56. The molecule has 0 radical (unpaired) electrons. The Morgan fingerprint density at radius 1 is 0.955 bits per heavy atom. The number of para-hydroxylation sites is 1. The molecule has 0 bridgehead atoms. The zero-order valence-corrected chi connectivity index (χ0v) is 26.3. The first kappa shape index (κ1) is 26.1. The van der Waals surface area contributed by atoms with Crippen molar-refractivity contribution in [2.24, 2.45) is 11.8 Å². The molecular formula is C41H38N2O. The fourth-order valence-corrected chi connectivity index (χ4v) is 8.56. The van der Waals surface area contributed by atoms with Gasteiger partial charge in [0.1, 0.15) is 0 Å². The smallest absolute Gasteiger partial charge is 0.193 e. The van der Waals surface area contributed by atoms with Gasteiger partial charge in [0.25, 0.3) is 0 Å². The van der Waals surface area contributed by atoms with E-state index < -0.39 is 0 Å². The summed E-state index contributed by atoms with van der Waals surface area (Å²) in [7, 11) is 0. The Morgan fingerprint density at radius 3 is 2.57 bits per heavy atom. The molecule has 3 heteroatoms. The average Bonchev–Trinajstić information content (AvgIpc) is 3.80. The van der Waals surface area contributed by atoms with E-state index in [0.29, 0.717) is 11.8 Å². The van der Waals surface area contributed by atoms with Gasteiger partial charge in [-0.25, -0.2) is 0 Å². The Hall–Kier alpha value is -4.37. The first-order valence-corrected chi connectivity index (χ1v) is 16.1. The standard InChI is InChI=1S/C41H38N2O/c1-23-28-22-26(42-35-14-10-8-12-32(35)41(5,6)37-30-19-24(30)15-17-36(37)42)16-18-34(28)43-33-13-9-7-11-27(33)39(44)31-21-25(40(2,3)4)20-29(23)38(31)43/h8-10,12-18,20-22,24,30H,1,7,11,19H2,2-6H3/t24-,30?/m1/s1. The average molecular weight is 575 g/mol. The molecule has 2 aromatic heterocycles. The second-order valence-electron chi connectivity index (χ2n) is 15.0. The Balaban J connectivity index is 1.39. The minimum Gasteiger partial charge on any atom is -0.310 e. The maximum Gasteiger partial charge on any atom is 0.193 e. The van der Waals surface area contributed by atoms with Crippen LogP contribution in [0.5, 0.6) is 0 Å². The summed E-state index contributed by atoms with van der Waals surface area (Å²) in [4.78, 5) is 16.5. The maximum atomic E-state index is 14.0. The third-order valence-electron chi connectivity index (χ3n) is 11.0. The predicted octanol–water partition coefficient (Wildman–Crippen LogP) is 8.88. The maximum absolute atomic E-state index is 14.0. The number of hydrogen-bond donors (Lipinski definition) is 0. The number of allylic oxidation sites excluding steroid dienone is 4. The van der Waals surface area contributed by atoms with Gasteiger partial charge in [-0.15, -0.1) is 0 Å². The van der Waals surface area contributed by atoms with Crippen molar-refractivity contribution in [1.82, 2.24) is 4.40 Å². The summed E-state index contributed by atoms with van der Waals surface area (Å²) in [6.07, 6.45) is 12.1. The molecule has 3 aromatic carbocycles. The van der Waals surface area contributed by atoms with Crippen LogP contribution < -0.4 is 15.5 Å². The van der Waals surface area contributed by atoms with E-state index in [1.54, 1.807) is 5.57 Å². The third kappa shape index (κ3) is 3.30. The lowest BCUT2D eigenvalue weighted by atomic mass is 9.70. The highest BCUT2D eigenvalue weighted by atomic mass is 16.1. The molecule has 0 spiro atoms. The van der Waals surface area contributed by atoms with Gasteiger partial charge >= 0.3 is 0 Å². The largest absolute Gasteiger partial charge is 0.310 e. The van der Waals surface area contributed by atoms with Crippen molar-refractivity contribution in [3.63, 3.8) is 0 Å². The summed E-state index contributed by atoms with van der Waals surface area (Å²) in [6.45, 7) is 16.2. The van der Waals surface area contributed by atoms with E-state index in [4.69, 9.17) is 6.58 Å². The van der Waals surface area contributed by atoms with Crippen LogP contribution in [0.1, 0.15) is 69.8 Å². The molecule has 1 aliphatic heterocycles. The highest BCUT2D eigenvalue weighted by Crippen LogP contribution is 2.60. The van der Waals surface area contributed by atoms with Crippen molar-refractivity contribution in [3.8, 4) is 0 Å². The van der Waals surface area contributed by atoms with Crippen molar-refractivity contribution in [3.05, 3.63) is 122 Å². The summed E-state index contributed by atoms with van der Waals surface area (Å²) < 4.78 is 2.35. The number of nitrogens with zero attached hydrogens (tertiary/aromatic N) is 2. The quantitative estimate of drug-likeness (QED) is 0.148. The van der Waals surface area contributed by atoms with Gasteiger partial charge in [-0.2, -0.15) is 0 Å². The summed E-state index contributed by atoms with van der Waals surface area (Å²) in [5.74, 6) is 1.31. The number of pyridine rings is 2. The Morgan fingerprint density at radius 2 is 1.75 bits per heavy atom. The molecule has 3 heterocycles. The van der Waals surface area contributed by atoms with Gasteiger partial charge in [-0.1, -0.05) is 71.5 Å². The van der Waals surface area contributed by atoms with Crippen LogP contribution in [0.15, 0.2) is 88.9 Å².